The van der Waals surface area contributed by atoms with Crippen LogP contribution in [-0.4, -0.2) is 32.3 Å². The minimum atomic E-state index is 0.781. The number of hydrogen-bond acceptors (Lipinski definition) is 3. The highest BCUT2D eigenvalue weighted by Gasteiger charge is 2.20. The summed E-state index contributed by atoms with van der Waals surface area (Å²) in [7, 11) is 0. The third-order valence-electron chi connectivity index (χ3n) is 3.86. The number of anilines is 1. The quantitative estimate of drug-likeness (QED) is 0.880. The maximum Gasteiger partial charge on any atom is 0.0642 e. The summed E-state index contributed by atoms with van der Waals surface area (Å²) in [6.07, 6.45) is 2.70. The predicted octanol–water partition coefficient (Wildman–Crippen LogP) is 2.08. The van der Waals surface area contributed by atoms with Crippen LogP contribution in [0.1, 0.15) is 24.0 Å². The lowest BCUT2D eigenvalue weighted by Gasteiger charge is -2.29. The molecule has 1 aliphatic heterocycles. The Morgan fingerprint density at radius 1 is 1.28 bits per heavy atom. The van der Waals surface area contributed by atoms with Gasteiger partial charge in [0.15, 0.2) is 0 Å². The van der Waals surface area contributed by atoms with Crippen molar-refractivity contribution in [2.45, 2.75) is 32.4 Å². The molecule has 0 atom stereocenters. The summed E-state index contributed by atoms with van der Waals surface area (Å²) in [5.41, 5.74) is 4.16. The van der Waals surface area contributed by atoms with Gasteiger partial charge in [-0.3, -0.25) is 0 Å². The van der Waals surface area contributed by atoms with Crippen molar-refractivity contribution < 1.29 is 4.74 Å². The zero-order chi connectivity index (χ0) is 12.4. The van der Waals surface area contributed by atoms with E-state index in [1.807, 2.05) is 0 Å². The van der Waals surface area contributed by atoms with E-state index >= 15 is 0 Å². The highest BCUT2D eigenvalue weighted by molar-refractivity contribution is 5.51. The average Bonchev–Trinajstić information content (AvgIpc) is 3.22. The van der Waals surface area contributed by atoms with Crippen LogP contribution in [0.25, 0.3) is 0 Å². The largest absolute Gasteiger partial charge is 0.378 e. The smallest absolute Gasteiger partial charge is 0.0642 e. The summed E-state index contributed by atoms with van der Waals surface area (Å²) in [6.45, 7) is 6.96. The molecule has 0 radical (unpaired) electrons. The zero-order valence-corrected chi connectivity index (χ0v) is 11.1. The molecule has 0 bridgehead atoms. The van der Waals surface area contributed by atoms with Crippen LogP contribution < -0.4 is 10.2 Å². The van der Waals surface area contributed by atoms with Crippen LogP contribution in [0.3, 0.4) is 0 Å². The minimum Gasteiger partial charge on any atom is -0.378 e. The van der Waals surface area contributed by atoms with Crippen LogP contribution in [0.4, 0.5) is 5.69 Å². The average molecular weight is 246 g/mol. The van der Waals surface area contributed by atoms with E-state index in [2.05, 4.69) is 35.3 Å². The number of morpholine rings is 1. The summed E-state index contributed by atoms with van der Waals surface area (Å²) in [5, 5.41) is 3.58. The van der Waals surface area contributed by atoms with Crippen molar-refractivity contribution in [3.8, 4) is 0 Å². The molecule has 3 heteroatoms. The second kappa shape index (κ2) is 5.29. The Morgan fingerprint density at radius 3 is 2.72 bits per heavy atom. The SMILES string of the molecule is Cc1cc(N2CCOCC2)ccc1CNC1CC1. The van der Waals surface area contributed by atoms with Crippen molar-refractivity contribution in [1.29, 1.82) is 0 Å². The van der Waals surface area contributed by atoms with E-state index in [1.54, 1.807) is 0 Å². The van der Waals surface area contributed by atoms with Gasteiger partial charge in [-0.1, -0.05) is 6.07 Å². The summed E-state index contributed by atoms with van der Waals surface area (Å²) in [5.74, 6) is 0. The number of aryl methyl sites for hydroxylation is 1. The van der Waals surface area contributed by atoms with Crippen molar-refractivity contribution in [3.05, 3.63) is 29.3 Å². The van der Waals surface area contributed by atoms with E-state index in [9.17, 15) is 0 Å². The summed E-state index contributed by atoms with van der Waals surface area (Å²) < 4.78 is 5.40. The fourth-order valence-corrected chi connectivity index (χ4v) is 2.44. The first-order valence-electron chi connectivity index (χ1n) is 6.98. The molecule has 1 heterocycles. The molecule has 1 aromatic rings. The summed E-state index contributed by atoms with van der Waals surface area (Å²) >= 11 is 0. The molecule has 2 fully saturated rings. The van der Waals surface area contributed by atoms with E-state index in [4.69, 9.17) is 4.74 Å². The maximum atomic E-state index is 5.40. The van der Waals surface area contributed by atoms with E-state index in [0.717, 1.165) is 38.9 Å². The van der Waals surface area contributed by atoms with E-state index < -0.39 is 0 Å². The van der Waals surface area contributed by atoms with E-state index in [0.29, 0.717) is 0 Å². The number of hydrogen-bond donors (Lipinski definition) is 1. The van der Waals surface area contributed by atoms with Crippen LogP contribution in [-0.2, 0) is 11.3 Å². The number of ether oxygens (including phenoxy) is 1. The highest BCUT2D eigenvalue weighted by Crippen LogP contribution is 2.22. The van der Waals surface area contributed by atoms with Gasteiger partial charge in [-0.15, -0.1) is 0 Å². The van der Waals surface area contributed by atoms with E-state index in [-0.39, 0.29) is 0 Å². The molecule has 3 rings (SSSR count). The fourth-order valence-electron chi connectivity index (χ4n) is 2.44. The number of benzene rings is 1. The van der Waals surface area contributed by atoms with Gasteiger partial charge in [-0.05, 0) is 43.0 Å². The topological polar surface area (TPSA) is 24.5 Å². The van der Waals surface area contributed by atoms with Crippen LogP contribution in [0.15, 0.2) is 18.2 Å². The molecule has 1 aromatic carbocycles. The number of rotatable bonds is 4. The van der Waals surface area contributed by atoms with Gasteiger partial charge in [0.05, 0.1) is 13.2 Å². The summed E-state index contributed by atoms with van der Waals surface area (Å²) in [4.78, 5) is 2.41. The van der Waals surface area contributed by atoms with Crippen LogP contribution >= 0.6 is 0 Å². The van der Waals surface area contributed by atoms with Gasteiger partial charge in [0.1, 0.15) is 0 Å². The van der Waals surface area contributed by atoms with Crippen molar-refractivity contribution in [1.82, 2.24) is 5.32 Å². The molecule has 1 saturated heterocycles. The molecule has 2 aliphatic rings. The fraction of sp³-hybridized carbons (Fsp3) is 0.600. The molecule has 1 N–H and O–H groups in total. The van der Waals surface area contributed by atoms with Crippen LogP contribution in [0.2, 0.25) is 0 Å². The first kappa shape index (κ1) is 12.0. The molecule has 98 valence electrons. The van der Waals surface area contributed by atoms with Gasteiger partial charge in [-0.2, -0.15) is 0 Å². The molecule has 0 spiro atoms. The van der Waals surface area contributed by atoms with Crippen LogP contribution in [0, 0.1) is 6.92 Å². The molecule has 0 unspecified atom stereocenters. The van der Waals surface area contributed by atoms with Crippen molar-refractivity contribution in [3.63, 3.8) is 0 Å². The van der Waals surface area contributed by atoms with Crippen molar-refractivity contribution >= 4 is 5.69 Å². The Morgan fingerprint density at radius 2 is 2.06 bits per heavy atom. The molecule has 18 heavy (non-hydrogen) atoms. The standard InChI is InChI=1S/C15H22N2O/c1-12-10-15(17-6-8-18-9-7-17)5-2-13(12)11-16-14-3-4-14/h2,5,10,14,16H,3-4,6-9,11H2,1H3. The molecular weight excluding hydrogens is 224 g/mol. The highest BCUT2D eigenvalue weighted by atomic mass is 16.5. The first-order valence-corrected chi connectivity index (χ1v) is 6.98. The van der Waals surface area contributed by atoms with Gasteiger partial charge in [0.25, 0.3) is 0 Å². The third kappa shape index (κ3) is 2.85. The molecule has 0 aromatic heterocycles. The van der Waals surface area contributed by atoms with Gasteiger partial charge in [0, 0.05) is 31.4 Å². The first-order chi connectivity index (χ1) is 8.83. The molecule has 1 aliphatic carbocycles. The predicted molar refractivity (Wildman–Crippen MR) is 74.1 cm³/mol. The van der Waals surface area contributed by atoms with Crippen molar-refractivity contribution in [2.24, 2.45) is 0 Å². The molecule has 1 saturated carbocycles. The molecular formula is C15H22N2O. The second-order valence-electron chi connectivity index (χ2n) is 5.37. The van der Waals surface area contributed by atoms with Gasteiger partial charge >= 0.3 is 0 Å². The Bertz CT molecular complexity index is 409. The van der Waals surface area contributed by atoms with E-state index in [1.165, 1.54) is 29.7 Å². The Hall–Kier alpha value is -1.06. The Labute approximate surface area is 109 Å². The lowest BCUT2D eigenvalue weighted by Crippen LogP contribution is -2.36. The number of nitrogens with zero attached hydrogens (tertiary/aromatic N) is 1. The van der Waals surface area contributed by atoms with Gasteiger partial charge in [-0.25, -0.2) is 0 Å². The second-order valence-corrected chi connectivity index (χ2v) is 5.37. The zero-order valence-electron chi connectivity index (χ0n) is 11.1. The summed E-state index contributed by atoms with van der Waals surface area (Å²) in [6, 6.07) is 7.62. The lowest BCUT2D eigenvalue weighted by atomic mass is 10.1. The Kier molecular flexibility index (Phi) is 3.52. The van der Waals surface area contributed by atoms with Gasteiger partial charge in [0.2, 0.25) is 0 Å². The molecule has 3 nitrogen and oxygen atoms in total. The van der Waals surface area contributed by atoms with Crippen molar-refractivity contribution in [2.75, 3.05) is 31.2 Å². The normalized spacial score (nSPS) is 20.2. The minimum absolute atomic E-state index is 0.781. The van der Waals surface area contributed by atoms with Crippen LogP contribution in [0.5, 0.6) is 0 Å². The Balaban J connectivity index is 1.66. The number of nitrogens with one attached hydrogen (secondary N) is 1. The lowest BCUT2D eigenvalue weighted by molar-refractivity contribution is 0.122. The third-order valence-corrected chi connectivity index (χ3v) is 3.86. The maximum absolute atomic E-state index is 5.40. The van der Waals surface area contributed by atoms with Gasteiger partial charge < -0.3 is 15.0 Å². The molecule has 0 amide bonds. The monoisotopic (exact) mass is 246 g/mol.